The van der Waals surface area contributed by atoms with Crippen LogP contribution in [0.5, 0.6) is 0 Å². The highest BCUT2D eigenvalue weighted by Gasteiger charge is 2.27. The summed E-state index contributed by atoms with van der Waals surface area (Å²) in [4.78, 5) is 36.0. The van der Waals surface area contributed by atoms with Crippen molar-refractivity contribution < 1.29 is 28.6 Å². The summed E-state index contributed by atoms with van der Waals surface area (Å²) in [5.41, 5.74) is 1.85. The number of carbonyl (C=O) groups excluding carboxylic acids is 3. The van der Waals surface area contributed by atoms with E-state index in [-0.39, 0.29) is 19.6 Å². The first kappa shape index (κ1) is 35.2. The summed E-state index contributed by atoms with van der Waals surface area (Å²) in [6, 6.07) is 7.74. The van der Waals surface area contributed by atoms with E-state index in [9.17, 15) is 14.4 Å². The lowest BCUT2D eigenvalue weighted by Crippen LogP contribution is -2.31. The number of ether oxygens (including phenoxy) is 3. The Bertz CT molecular complexity index is 836. The number of nitrogens with one attached hydrogen (secondary N) is 1. The van der Waals surface area contributed by atoms with Gasteiger partial charge in [0.1, 0.15) is 0 Å². The molecule has 0 aliphatic rings. The van der Waals surface area contributed by atoms with Crippen LogP contribution in [-0.2, 0) is 28.6 Å². The average Bonchev–Trinajstić information content (AvgIpc) is 2.94. The third-order valence-electron chi connectivity index (χ3n) is 6.65. The van der Waals surface area contributed by atoms with Crippen molar-refractivity contribution in [2.45, 2.75) is 123 Å². The maximum atomic E-state index is 12.2. The molecule has 0 bridgehead atoms. The summed E-state index contributed by atoms with van der Waals surface area (Å²) >= 11 is 0. The predicted octanol–water partition coefficient (Wildman–Crippen LogP) is 8.02. The SMILES string of the molecule is CCCCCCCCCCCCCCCCNc1ccc(C=CC(=O)OC(CC(=O)OCC)C(=O)OCC)cc1. The number of esters is 3. The molecule has 0 aliphatic carbocycles. The average molecular weight is 560 g/mol. The van der Waals surface area contributed by atoms with Crippen LogP contribution < -0.4 is 5.32 Å². The Kier molecular flexibility index (Phi) is 21.1. The van der Waals surface area contributed by atoms with E-state index in [1.807, 2.05) is 24.3 Å². The van der Waals surface area contributed by atoms with Crippen molar-refractivity contribution >= 4 is 29.7 Å². The zero-order valence-electron chi connectivity index (χ0n) is 25.2. The van der Waals surface area contributed by atoms with Crippen molar-refractivity contribution in [3.8, 4) is 0 Å². The molecule has 0 amide bonds. The molecule has 0 heterocycles. The van der Waals surface area contributed by atoms with Crippen molar-refractivity contribution in [1.82, 2.24) is 0 Å². The van der Waals surface area contributed by atoms with Gasteiger partial charge in [-0.3, -0.25) is 4.79 Å². The maximum absolute atomic E-state index is 12.2. The van der Waals surface area contributed by atoms with E-state index in [0.29, 0.717) is 0 Å². The zero-order chi connectivity index (χ0) is 29.3. The van der Waals surface area contributed by atoms with Gasteiger partial charge >= 0.3 is 17.9 Å². The van der Waals surface area contributed by atoms with Gasteiger partial charge in [-0.1, -0.05) is 103 Å². The van der Waals surface area contributed by atoms with Crippen LogP contribution in [0.4, 0.5) is 5.69 Å². The lowest BCUT2D eigenvalue weighted by atomic mass is 10.0. The summed E-state index contributed by atoms with van der Waals surface area (Å²) in [5.74, 6) is -2.14. The van der Waals surface area contributed by atoms with E-state index in [2.05, 4.69) is 12.2 Å². The quantitative estimate of drug-likeness (QED) is 0.0593. The summed E-state index contributed by atoms with van der Waals surface area (Å²) in [6.45, 7) is 6.80. The summed E-state index contributed by atoms with van der Waals surface area (Å²) < 4.78 is 14.9. The highest BCUT2D eigenvalue weighted by atomic mass is 16.6. The van der Waals surface area contributed by atoms with Crippen LogP contribution in [0.1, 0.15) is 123 Å². The molecule has 1 rings (SSSR count). The predicted molar refractivity (Wildman–Crippen MR) is 162 cm³/mol. The first-order valence-electron chi connectivity index (χ1n) is 15.5. The molecule has 0 spiro atoms. The van der Waals surface area contributed by atoms with E-state index >= 15 is 0 Å². The lowest BCUT2D eigenvalue weighted by molar-refractivity contribution is -0.169. The molecule has 226 valence electrons. The van der Waals surface area contributed by atoms with Crippen molar-refractivity contribution in [3.05, 3.63) is 35.9 Å². The fourth-order valence-electron chi connectivity index (χ4n) is 4.39. The van der Waals surface area contributed by atoms with Crippen LogP contribution in [0.2, 0.25) is 0 Å². The number of carbonyl (C=O) groups is 3. The zero-order valence-corrected chi connectivity index (χ0v) is 25.2. The number of anilines is 1. The van der Waals surface area contributed by atoms with Crippen LogP contribution in [0.3, 0.4) is 0 Å². The fraction of sp³-hybridized carbons (Fsp3) is 0.667. The van der Waals surface area contributed by atoms with Crippen molar-refractivity contribution in [1.29, 1.82) is 0 Å². The highest BCUT2D eigenvalue weighted by Crippen LogP contribution is 2.14. The van der Waals surface area contributed by atoms with Crippen LogP contribution in [0.15, 0.2) is 30.3 Å². The molecular formula is C33H53NO6. The van der Waals surface area contributed by atoms with E-state index < -0.39 is 24.0 Å². The molecule has 1 aromatic carbocycles. The Morgan fingerprint density at radius 1 is 0.725 bits per heavy atom. The topological polar surface area (TPSA) is 90.9 Å². The normalized spacial score (nSPS) is 11.8. The lowest BCUT2D eigenvalue weighted by Gasteiger charge is -2.14. The van der Waals surface area contributed by atoms with E-state index in [0.717, 1.165) is 24.2 Å². The molecule has 0 aliphatic heterocycles. The Hall–Kier alpha value is -2.83. The molecule has 7 heteroatoms. The van der Waals surface area contributed by atoms with Gasteiger partial charge in [-0.05, 0) is 44.0 Å². The van der Waals surface area contributed by atoms with Crippen LogP contribution in [0.25, 0.3) is 6.08 Å². The number of unbranched alkanes of at least 4 members (excludes halogenated alkanes) is 13. The standard InChI is InChI=1S/C33H53NO6/c1-4-7-8-9-10-11-12-13-14-15-16-17-18-19-26-34-29-23-20-28(21-24-29)22-25-31(35)40-30(33(37)39-6-3)27-32(36)38-5-2/h20-25,30,34H,4-19,26-27H2,1-3H3. The minimum Gasteiger partial charge on any atom is -0.466 e. The molecule has 40 heavy (non-hydrogen) atoms. The summed E-state index contributed by atoms with van der Waals surface area (Å²) in [7, 11) is 0. The third kappa shape index (κ3) is 18.5. The summed E-state index contributed by atoms with van der Waals surface area (Å²) in [6.07, 6.45) is 20.1. The molecule has 0 saturated heterocycles. The number of rotatable bonds is 24. The van der Waals surface area contributed by atoms with E-state index in [4.69, 9.17) is 14.2 Å². The summed E-state index contributed by atoms with van der Waals surface area (Å²) in [5, 5.41) is 3.45. The fourth-order valence-corrected chi connectivity index (χ4v) is 4.39. The highest BCUT2D eigenvalue weighted by molar-refractivity contribution is 5.90. The molecule has 0 aromatic heterocycles. The molecule has 0 radical (unpaired) electrons. The van der Waals surface area contributed by atoms with Gasteiger partial charge in [0.15, 0.2) is 0 Å². The largest absolute Gasteiger partial charge is 0.466 e. The second-order valence-corrected chi connectivity index (χ2v) is 10.2. The van der Waals surface area contributed by atoms with Crippen LogP contribution in [0, 0.1) is 0 Å². The second-order valence-electron chi connectivity index (χ2n) is 10.2. The Labute approximate surface area is 242 Å². The third-order valence-corrected chi connectivity index (χ3v) is 6.65. The number of hydrogen-bond donors (Lipinski definition) is 1. The van der Waals surface area contributed by atoms with Gasteiger partial charge in [0, 0.05) is 18.3 Å². The monoisotopic (exact) mass is 559 g/mol. The van der Waals surface area contributed by atoms with Gasteiger partial charge in [0.25, 0.3) is 0 Å². The minimum atomic E-state index is -1.34. The molecule has 7 nitrogen and oxygen atoms in total. The molecular weight excluding hydrogens is 506 g/mol. The molecule has 1 unspecified atom stereocenters. The molecule has 1 atom stereocenters. The molecule has 0 fully saturated rings. The van der Waals surface area contributed by atoms with Crippen LogP contribution >= 0.6 is 0 Å². The first-order chi connectivity index (χ1) is 19.5. The first-order valence-corrected chi connectivity index (χ1v) is 15.5. The Balaban J connectivity index is 2.20. The van der Waals surface area contributed by atoms with Crippen molar-refractivity contribution in [2.24, 2.45) is 0 Å². The van der Waals surface area contributed by atoms with Crippen molar-refractivity contribution in [3.63, 3.8) is 0 Å². The number of benzene rings is 1. The smallest absolute Gasteiger partial charge is 0.348 e. The minimum absolute atomic E-state index is 0.116. The van der Waals surface area contributed by atoms with Gasteiger partial charge < -0.3 is 19.5 Å². The number of hydrogen-bond acceptors (Lipinski definition) is 7. The van der Waals surface area contributed by atoms with Gasteiger partial charge in [-0.2, -0.15) is 0 Å². The maximum Gasteiger partial charge on any atom is 0.348 e. The Morgan fingerprint density at radius 3 is 1.77 bits per heavy atom. The van der Waals surface area contributed by atoms with E-state index in [1.54, 1.807) is 19.9 Å². The van der Waals surface area contributed by atoms with Gasteiger partial charge in [-0.25, -0.2) is 9.59 Å². The molecule has 0 saturated carbocycles. The van der Waals surface area contributed by atoms with Gasteiger partial charge in [-0.15, -0.1) is 0 Å². The van der Waals surface area contributed by atoms with Gasteiger partial charge in [0.05, 0.1) is 19.6 Å². The second kappa shape index (κ2) is 24.0. The molecule has 1 aromatic rings. The molecule has 1 N–H and O–H groups in total. The van der Waals surface area contributed by atoms with Gasteiger partial charge in [0.2, 0.25) is 6.10 Å². The Morgan fingerprint density at radius 2 is 1.25 bits per heavy atom. The van der Waals surface area contributed by atoms with Crippen molar-refractivity contribution in [2.75, 3.05) is 25.1 Å². The van der Waals surface area contributed by atoms with E-state index in [1.165, 1.54) is 89.5 Å². The van der Waals surface area contributed by atoms with Crippen LogP contribution in [-0.4, -0.2) is 43.8 Å².